The molecule has 6 rings (SSSR count). The lowest BCUT2D eigenvalue weighted by molar-refractivity contribution is -0.129. The quantitative estimate of drug-likeness (QED) is 0.296. The number of rotatable bonds is 7. The van der Waals surface area contributed by atoms with Gasteiger partial charge in [0.2, 0.25) is 5.91 Å². The van der Waals surface area contributed by atoms with E-state index in [2.05, 4.69) is 20.9 Å². The number of hydrogen-bond acceptors (Lipinski definition) is 8. The number of halogens is 2. The zero-order valence-corrected chi connectivity index (χ0v) is 25.6. The first kappa shape index (κ1) is 29.0. The number of likely N-dealkylation sites (tertiary alicyclic amines) is 1. The highest BCUT2D eigenvalue weighted by atomic mass is 32.1. The summed E-state index contributed by atoms with van der Waals surface area (Å²) in [6.45, 7) is 5.74. The van der Waals surface area contributed by atoms with Gasteiger partial charge in [-0.3, -0.25) is 14.1 Å². The summed E-state index contributed by atoms with van der Waals surface area (Å²) in [7, 11) is 5.40. The summed E-state index contributed by atoms with van der Waals surface area (Å²) in [5, 5.41) is 10.4. The molecular formula is C31H34F2N8OS. The lowest BCUT2D eigenvalue weighted by atomic mass is 9.86. The Hall–Kier alpha value is -4.08. The first-order chi connectivity index (χ1) is 20.6. The van der Waals surface area contributed by atoms with Gasteiger partial charge in [-0.2, -0.15) is 5.26 Å². The Morgan fingerprint density at radius 3 is 2.56 bits per heavy atom. The van der Waals surface area contributed by atoms with Crippen LogP contribution in [-0.4, -0.2) is 83.9 Å². The van der Waals surface area contributed by atoms with Gasteiger partial charge in [0.25, 0.3) is 0 Å². The summed E-state index contributed by atoms with van der Waals surface area (Å²) in [6, 6.07) is 9.68. The SMILES string of the molecule is CCc1nc2c(F)cc(N3CCC4(CCN(CC(=O)N(C)C)C4)C3)cn2c1N(C)c1nc(-c2ccc(F)cc2)c(C#N)s1. The Balaban J connectivity index is 1.31. The number of benzene rings is 1. The molecule has 9 nitrogen and oxygen atoms in total. The van der Waals surface area contributed by atoms with Gasteiger partial charge < -0.3 is 14.7 Å². The Morgan fingerprint density at radius 1 is 1.12 bits per heavy atom. The van der Waals surface area contributed by atoms with E-state index in [4.69, 9.17) is 4.98 Å². The molecule has 0 aliphatic carbocycles. The standard InChI is InChI=1S/C31H34F2N8OS/c1-5-24-29(38(4)30-36-27(25(15-34)43-30)20-6-8-21(32)9-7-20)41-16-22(14-23(33)28(41)35-24)40-13-11-31(19-40)10-12-39(18-31)17-26(42)37(2)3/h6-9,14,16H,5,10-13,17-19H2,1-4H3. The minimum absolute atomic E-state index is 0.0759. The van der Waals surface area contributed by atoms with Gasteiger partial charge in [-0.25, -0.2) is 18.7 Å². The van der Waals surface area contributed by atoms with E-state index in [0.717, 1.165) is 44.7 Å². The third-order valence-electron chi connectivity index (χ3n) is 8.66. The average Bonchev–Trinajstić information content (AvgIpc) is 3.78. The number of aryl methyl sites for hydroxylation is 1. The number of fused-ring (bicyclic) bond motifs is 1. The van der Waals surface area contributed by atoms with Crippen molar-refractivity contribution in [1.29, 1.82) is 5.26 Å². The molecule has 0 radical (unpaired) electrons. The van der Waals surface area contributed by atoms with Gasteiger partial charge in [-0.15, -0.1) is 0 Å². The summed E-state index contributed by atoms with van der Waals surface area (Å²) in [4.78, 5) is 30.0. The molecule has 1 atom stereocenters. The summed E-state index contributed by atoms with van der Waals surface area (Å²) in [6.07, 6.45) is 4.51. The number of carbonyl (C=O) groups is 1. The van der Waals surface area contributed by atoms with Crippen molar-refractivity contribution < 1.29 is 13.6 Å². The van der Waals surface area contributed by atoms with Crippen LogP contribution >= 0.6 is 11.3 Å². The Labute approximate surface area is 253 Å². The predicted molar refractivity (Wildman–Crippen MR) is 164 cm³/mol. The van der Waals surface area contributed by atoms with Crippen LogP contribution in [0.25, 0.3) is 16.9 Å². The Bertz CT molecular complexity index is 1730. The zero-order chi connectivity index (χ0) is 30.5. The van der Waals surface area contributed by atoms with Crippen molar-refractivity contribution in [3.05, 3.63) is 58.7 Å². The molecule has 1 amide bonds. The van der Waals surface area contributed by atoms with Gasteiger partial charge >= 0.3 is 0 Å². The number of carbonyl (C=O) groups excluding carboxylic acids is 1. The van der Waals surface area contributed by atoms with Crippen molar-refractivity contribution in [2.45, 2.75) is 26.2 Å². The van der Waals surface area contributed by atoms with Crippen molar-refractivity contribution >= 4 is 39.5 Å². The number of nitriles is 1. The van der Waals surface area contributed by atoms with Crippen molar-refractivity contribution in [3.63, 3.8) is 0 Å². The largest absolute Gasteiger partial charge is 0.370 e. The monoisotopic (exact) mass is 604 g/mol. The van der Waals surface area contributed by atoms with E-state index in [0.29, 0.717) is 45.7 Å². The van der Waals surface area contributed by atoms with E-state index >= 15 is 4.39 Å². The van der Waals surface area contributed by atoms with Crippen LogP contribution in [0.2, 0.25) is 0 Å². The Kier molecular flexibility index (Phi) is 7.56. The van der Waals surface area contributed by atoms with Crippen molar-refractivity contribution in [2.24, 2.45) is 5.41 Å². The second-order valence-corrected chi connectivity index (χ2v) is 12.7. The van der Waals surface area contributed by atoms with Crippen molar-refractivity contribution in [2.75, 3.05) is 63.7 Å². The highest BCUT2D eigenvalue weighted by molar-refractivity contribution is 7.16. The molecule has 1 unspecified atom stereocenters. The number of thiazole rings is 1. The highest BCUT2D eigenvalue weighted by Crippen LogP contribution is 2.42. The first-order valence-electron chi connectivity index (χ1n) is 14.4. The fourth-order valence-electron chi connectivity index (χ4n) is 6.30. The molecule has 4 aromatic rings. The molecule has 1 spiro atoms. The fourth-order valence-corrected chi connectivity index (χ4v) is 7.15. The summed E-state index contributed by atoms with van der Waals surface area (Å²) >= 11 is 1.23. The normalized spacial score (nSPS) is 18.6. The van der Waals surface area contributed by atoms with Crippen LogP contribution in [-0.2, 0) is 11.2 Å². The number of imidazole rings is 1. The number of pyridine rings is 1. The molecule has 0 saturated carbocycles. The number of likely N-dealkylation sites (N-methyl/N-ethyl adjacent to an activating group) is 1. The van der Waals surface area contributed by atoms with Crippen molar-refractivity contribution in [3.8, 4) is 17.3 Å². The molecule has 2 fully saturated rings. The van der Waals surface area contributed by atoms with Gasteiger partial charge in [0.1, 0.15) is 28.3 Å². The first-order valence-corrected chi connectivity index (χ1v) is 15.2. The molecule has 12 heteroatoms. The van der Waals surface area contributed by atoms with E-state index in [-0.39, 0.29) is 22.8 Å². The maximum atomic E-state index is 15.7. The molecule has 3 aromatic heterocycles. The van der Waals surface area contributed by atoms with Crippen LogP contribution in [0.3, 0.4) is 0 Å². The maximum absolute atomic E-state index is 15.7. The van der Waals surface area contributed by atoms with Gasteiger partial charge in [-0.1, -0.05) is 18.3 Å². The summed E-state index contributed by atoms with van der Waals surface area (Å²) in [5.41, 5.74) is 2.94. The number of amides is 1. The summed E-state index contributed by atoms with van der Waals surface area (Å²) in [5.74, 6) is 0.0287. The van der Waals surface area contributed by atoms with Gasteiger partial charge in [0.15, 0.2) is 16.6 Å². The van der Waals surface area contributed by atoms with Crippen LogP contribution in [0, 0.1) is 28.4 Å². The molecule has 2 aliphatic heterocycles. The maximum Gasteiger partial charge on any atom is 0.236 e. The van der Waals surface area contributed by atoms with Crippen LogP contribution in [0.1, 0.15) is 30.3 Å². The third-order valence-corrected chi connectivity index (χ3v) is 9.69. The molecule has 2 aliphatic rings. The molecule has 43 heavy (non-hydrogen) atoms. The van der Waals surface area contributed by atoms with Crippen LogP contribution < -0.4 is 9.80 Å². The van der Waals surface area contributed by atoms with E-state index in [9.17, 15) is 14.4 Å². The number of aromatic nitrogens is 3. The van der Waals surface area contributed by atoms with Gasteiger partial charge in [-0.05, 0) is 50.1 Å². The zero-order valence-electron chi connectivity index (χ0n) is 24.8. The third kappa shape index (κ3) is 5.32. The second kappa shape index (κ2) is 11.2. The Morgan fingerprint density at radius 2 is 1.86 bits per heavy atom. The molecule has 0 bridgehead atoms. The van der Waals surface area contributed by atoms with E-state index in [1.165, 1.54) is 23.5 Å². The molecular weight excluding hydrogens is 570 g/mol. The summed E-state index contributed by atoms with van der Waals surface area (Å²) < 4.78 is 31.0. The number of nitrogens with zero attached hydrogens (tertiary/aromatic N) is 8. The minimum Gasteiger partial charge on any atom is -0.370 e. The molecule has 0 N–H and O–H groups in total. The lowest BCUT2D eigenvalue weighted by Gasteiger charge is -2.26. The molecule has 2 saturated heterocycles. The number of anilines is 3. The minimum atomic E-state index is -0.402. The van der Waals surface area contributed by atoms with Crippen molar-refractivity contribution in [1.82, 2.24) is 24.2 Å². The predicted octanol–water partition coefficient (Wildman–Crippen LogP) is 4.93. The van der Waals surface area contributed by atoms with Crippen LogP contribution in [0.5, 0.6) is 0 Å². The van der Waals surface area contributed by atoms with Crippen LogP contribution in [0.4, 0.5) is 25.4 Å². The fraction of sp³-hybridized carbons (Fsp3) is 0.419. The number of hydrogen-bond donors (Lipinski definition) is 0. The topological polar surface area (TPSA) is 84.0 Å². The molecule has 1 aromatic carbocycles. The van der Waals surface area contributed by atoms with E-state index < -0.39 is 5.82 Å². The lowest BCUT2D eigenvalue weighted by Crippen LogP contribution is -2.37. The van der Waals surface area contributed by atoms with E-state index in [1.807, 2.05) is 25.1 Å². The van der Waals surface area contributed by atoms with Gasteiger partial charge in [0.05, 0.1) is 17.9 Å². The van der Waals surface area contributed by atoms with Gasteiger partial charge in [0, 0.05) is 64.0 Å². The molecule has 5 heterocycles. The average molecular weight is 605 g/mol. The van der Waals surface area contributed by atoms with E-state index in [1.54, 1.807) is 41.6 Å². The molecule has 224 valence electrons. The van der Waals surface area contributed by atoms with Crippen LogP contribution in [0.15, 0.2) is 36.5 Å². The highest BCUT2D eigenvalue weighted by Gasteiger charge is 2.44. The second-order valence-electron chi connectivity index (χ2n) is 11.7. The smallest absolute Gasteiger partial charge is 0.236 e.